The van der Waals surface area contributed by atoms with Crippen molar-refractivity contribution in [3.63, 3.8) is 0 Å². The van der Waals surface area contributed by atoms with Gasteiger partial charge in [0.2, 0.25) is 0 Å². The molecule has 4 nitrogen and oxygen atoms in total. The quantitative estimate of drug-likeness (QED) is 0.889. The SMILES string of the molecule is CN(CCN1C[C@H]2CC[C@@H]1C2)Cc1n[nH]c2c1CCC2. The highest BCUT2D eigenvalue weighted by Gasteiger charge is 2.37. The lowest BCUT2D eigenvalue weighted by Gasteiger charge is -2.28. The van der Waals surface area contributed by atoms with E-state index in [9.17, 15) is 0 Å². The van der Waals surface area contributed by atoms with Crippen LogP contribution in [0, 0.1) is 5.92 Å². The number of rotatable bonds is 5. The number of hydrogen-bond acceptors (Lipinski definition) is 3. The van der Waals surface area contributed by atoms with E-state index in [0.29, 0.717) is 0 Å². The van der Waals surface area contributed by atoms with Crippen molar-refractivity contribution in [3.05, 3.63) is 17.0 Å². The summed E-state index contributed by atoms with van der Waals surface area (Å²) in [6.45, 7) is 4.78. The summed E-state index contributed by atoms with van der Waals surface area (Å²) in [4.78, 5) is 5.17. The lowest BCUT2D eigenvalue weighted by Crippen LogP contribution is -2.38. The third kappa shape index (κ3) is 2.29. The summed E-state index contributed by atoms with van der Waals surface area (Å²) >= 11 is 0. The van der Waals surface area contributed by atoms with Gasteiger partial charge in [0.15, 0.2) is 0 Å². The van der Waals surface area contributed by atoms with Crippen LogP contribution in [-0.2, 0) is 19.4 Å². The largest absolute Gasteiger partial charge is 0.299 e. The number of nitrogens with zero attached hydrogens (tertiary/aromatic N) is 3. The molecule has 0 spiro atoms. The van der Waals surface area contributed by atoms with E-state index >= 15 is 0 Å². The van der Waals surface area contributed by atoms with Gasteiger partial charge < -0.3 is 0 Å². The second-order valence-electron chi connectivity index (χ2n) is 7.05. The summed E-state index contributed by atoms with van der Waals surface area (Å²) in [6, 6.07) is 0.906. The maximum Gasteiger partial charge on any atom is 0.0796 e. The van der Waals surface area contributed by atoms with Crippen LogP contribution in [0.5, 0.6) is 0 Å². The van der Waals surface area contributed by atoms with Crippen molar-refractivity contribution >= 4 is 0 Å². The van der Waals surface area contributed by atoms with Gasteiger partial charge in [0.25, 0.3) is 0 Å². The first-order chi connectivity index (χ1) is 9.79. The highest BCUT2D eigenvalue weighted by molar-refractivity contribution is 5.29. The molecule has 1 saturated heterocycles. The molecule has 2 bridgehead atoms. The predicted octanol–water partition coefficient (Wildman–Crippen LogP) is 1.81. The van der Waals surface area contributed by atoms with E-state index in [4.69, 9.17) is 0 Å². The highest BCUT2D eigenvalue weighted by atomic mass is 15.2. The standard InChI is InChI=1S/C16H26N4/c1-19(7-8-20-10-12-5-6-13(20)9-12)11-16-14-3-2-4-15(14)17-18-16/h12-13H,2-11H2,1H3,(H,17,18)/t12-,13+/m0/s1. The van der Waals surface area contributed by atoms with Crippen molar-refractivity contribution in [2.45, 2.75) is 51.1 Å². The molecule has 0 aromatic carbocycles. The first-order valence-electron chi connectivity index (χ1n) is 8.27. The molecule has 110 valence electrons. The number of hydrogen-bond donors (Lipinski definition) is 1. The number of likely N-dealkylation sites (tertiary alicyclic amines) is 1. The Hall–Kier alpha value is -0.870. The van der Waals surface area contributed by atoms with Crippen LogP contribution in [0.1, 0.15) is 42.6 Å². The van der Waals surface area contributed by atoms with Crippen molar-refractivity contribution in [2.24, 2.45) is 5.92 Å². The second-order valence-corrected chi connectivity index (χ2v) is 7.05. The van der Waals surface area contributed by atoms with E-state index in [1.807, 2.05) is 0 Å². The van der Waals surface area contributed by atoms with Crippen LogP contribution in [0.2, 0.25) is 0 Å². The number of aromatic nitrogens is 2. The lowest BCUT2D eigenvalue weighted by atomic mass is 10.1. The van der Waals surface area contributed by atoms with Crippen molar-refractivity contribution < 1.29 is 0 Å². The van der Waals surface area contributed by atoms with Crippen LogP contribution in [-0.4, -0.2) is 52.7 Å². The minimum atomic E-state index is 0.906. The molecule has 2 fully saturated rings. The normalized spacial score (nSPS) is 28.7. The van der Waals surface area contributed by atoms with Crippen LogP contribution in [0.4, 0.5) is 0 Å². The Balaban J connectivity index is 1.29. The molecule has 20 heavy (non-hydrogen) atoms. The van der Waals surface area contributed by atoms with Gasteiger partial charge >= 0.3 is 0 Å². The van der Waals surface area contributed by atoms with Crippen LogP contribution in [0.3, 0.4) is 0 Å². The molecule has 2 heterocycles. The zero-order valence-electron chi connectivity index (χ0n) is 12.6. The molecule has 1 aromatic heterocycles. The Kier molecular flexibility index (Phi) is 3.31. The molecule has 0 amide bonds. The topological polar surface area (TPSA) is 35.2 Å². The fourth-order valence-corrected chi connectivity index (χ4v) is 4.45. The van der Waals surface area contributed by atoms with Gasteiger partial charge in [-0.2, -0.15) is 5.10 Å². The van der Waals surface area contributed by atoms with Crippen LogP contribution >= 0.6 is 0 Å². The summed E-state index contributed by atoms with van der Waals surface area (Å²) in [5.74, 6) is 1.01. The van der Waals surface area contributed by atoms with Crippen LogP contribution in [0.15, 0.2) is 0 Å². The van der Waals surface area contributed by atoms with Crippen LogP contribution < -0.4 is 0 Å². The molecule has 4 rings (SSSR count). The monoisotopic (exact) mass is 274 g/mol. The minimum absolute atomic E-state index is 0.906. The Morgan fingerprint density at radius 3 is 3.10 bits per heavy atom. The Bertz CT molecular complexity index is 481. The number of aromatic amines is 1. The molecule has 2 aliphatic carbocycles. The maximum atomic E-state index is 4.52. The average Bonchev–Trinajstić information content (AvgIpc) is 3.18. The molecule has 0 unspecified atom stereocenters. The molecule has 1 N–H and O–H groups in total. The second kappa shape index (κ2) is 5.15. The van der Waals surface area contributed by atoms with Crippen molar-refractivity contribution in [2.75, 3.05) is 26.7 Å². The lowest BCUT2D eigenvalue weighted by molar-refractivity contribution is 0.181. The molecule has 3 aliphatic rings. The van der Waals surface area contributed by atoms with Gasteiger partial charge in [-0.3, -0.25) is 14.9 Å². The Morgan fingerprint density at radius 2 is 2.30 bits per heavy atom. The molecular formula is C16H26N4. The first kappa shape index (κ1) is 12.8. The van der Waals surface area contributed by atoms with E-state index in [1.165, 1.54) is 75.1 Å². The number of likely N-dealkylation sites (N-methyl/N-ethyl adjacent to an activating group) is 1. The van der Waals surface area contributed by atoms with Crippen LogP contribution in [0.25, 0.3) is 0 Å². The molecule has 2 atom stereocenters. The van der Waals surface area contributed by atoms with Crippen molar-refractivity contribution in [1.82, 2.24) is 20.0 Å². The average molecular weight is 274 g/mol. The fraction of sp³-hybridized carbons (Fsp3) is 0.812. The third-order valence-corrected chi connectivity index (χ3v) is 5.60. The highest BCUT2D eigenvalue weighted by Crippen LogP contribution is 2.36. The van der Waals surface area contributed by atoms with Gasteiger partial charge in [-0.25, -0.2) is 0 Å². The van der Waals surface area contributed by atoms with E-state index in [0.717, 1.165) is 18.5 Å². The summed E-state index contributed by atoms with van der Waals surface area (Å²) in [5.41, 5.74) is 4.20. The molecule has 1 aliphatic heterocycles. The predicted molar refractivity (Wildman–Crippen MR) is 79.6 cm³/mol. The van der Waals surface area contributed by atoms with E-state index in [2.05, 4.69) is 27.0 Å². The zero-order chi connectivity index (χ0) is 13.5. The molecule has 1 aromatic rings. The number of nitrogens with one attached hydrogen (secondary N) is 1. The summed E-state index contributed by atoms with van der Waals surface area (Å²) in [5, 5.41) is 7.74. The smallest absolute Gasteiger partial charge is 0.0796 e. The molecule has 0 radical (unpaired) electrons. The third-order valence-electron chi connectivity index (χ3n) is 5.60. The molecule has 4 heteroatoms. The fourth-order valence-electron chi connectivity index (χ4n) is 4.45. The maximum absolute atomic E-state index is 4.52. The van der Waals surface area contributed by atoms with Gasteiger partial charge in [-0.15, -0.1) is 0 Å². The summed E-state index contributed by atoms with van der Waals surface area (Å²) in [7, 11) is 2.24. The van der Waals surface area contributed by atoms with Crippen molar-refractivity contribution in [1.29, 1.82) is 0 Å². The Morgan fingerprint density at radius 1 is 1.35 bits per heavy atom. The number of aryl methyl sites for hydroxylation is 1. The van der Waals surface area contributed by atoms with Gasteiger partial charge in [0.05, 0.1) is 5.69 Å². The zero-order valence-corrected chi connectivity index (χ0v) is 12.6. The Labute approximate surface area is 121 Å². The van der Waals surface area contributed by atoms with E-state index in [-0.39, 0.29) is 0 Å². The van der Waals surface area contributed by atoms with Gasteiger partial charge in [0, 0.05) is 37.9 Å². The van der Waals surface area contributed by atoms with Gasteiger partial charge in [-0.05, 0) is 57.1 Å². The van der Waals surface area contributed by atoms with Gasteiger partial charge in [-0.1, -0.05) is 0 Å². The van der Waals surface area contributed by atoms with E-state index < -0.39 is 0 Å². The molecule has 1 saturated carbocycles. The molecular weight excluding hydrogens is 248 g/mol. The van der Waals surface area contributed by atoms with E-state index in [1.54, 1.807) is 0 Å². The summed E-state index contributed by atoms with van der Waals surface area (Å²) < 4.78 is 0. The number of H-pyrrole nitrogens is 1. The minimum Gasteiger partial charge on any atom is -0.299 e. The first-order valence-corrected chi connectivity index (χ1v) is 8.27. The number of fused-ring (bicyclic) bond motifs is 3. The van der Waals surface area contributed by atoms with Gasteiger partial charge in [0.1, 0.15) is 0 Å². The number of piperidine rings is 1. The van der Waals surface area contributed by atoms with Crippen molar-refractivity contribution in [3.8, 4) is 0 Å². The summed E-state index contributed by atoms with van der Waals surface area (Å²) in [6.07, 6.45) is 8.12.